The molecular formula is C16H23N3O. The van der Waals surface area contributed by atoms with Gasteiger partial charge in [-0.3, -0.25) is 0 Å². The van der Waals surface area contributed by atoms with Gasteiger partial charge in [-0.25, -0.2) is 4.98 Å². The van der Waals surface area contributed by atoms with Crippen LogP contribution < -0.4 is 5.32 Å². The van der Waals surface area contributed by atoms with E-state index in [4.69, 9.17) is 4.74 Å². The van der Waals surface area contributed by atoms with Crippen molar-refractivity contribution in [3.8, 4) is 0 Å². The Morgan fingerprint density at radius 1 is 1.30 bits per heavy atom. The van der Waals surface area contributed by atoms with Crippen LogP contribution in [0.4, 0.5) is 5.69 Å². The zero-order valence-corrected chi connectivity index (χ0v) is 12.5. The lowest BCUT2D eigenvalue weighted by Gasteiger charge is -2.15. The molecule has 2 rings (SSSR count). The lowest BCUT2D eigenvalue weighted by atomic mass is 10.1. The Balaban J connectivity index is 2.05. The van der Waals surface area contributed by atoms with Gasteiger partial charge in [0, 0.05) is 25.0 Å². The quantitative estimate of drug-likeness (QED) is 0.841. The third-order valence-electron chi connectivity index (χ3n) is 3.36. The molecule has 2 aromatic rings. The zero-order valence-electron chi connectivity index (χ0n) is 12.5. The second-order valence-corrected chi connectivity index (χ2v) is 5.14. The van der Waals surface area contributed by atoms with Crippen molar-refractivity contribution in [1.29, 1.82) is 0 Å². The zero-order chi connectivity index (χ0) is 14.4. The maximum absolute atomic E-state index is 5.16. The predicted octanol–water partition coefficient (Wildman–Crippen LogP) is 3.27. The smallest absolute Gasteiger partial charge is 0.0951 e. The van der Waals surface area contributed by atoms with Gasteiger partial charge in [0.15, 0.2) is 0 Å². The van der Waals surface area contributed by atoms with E-state index in [9.17, 15) is 0 Å². The van der Waals surface area contributed by atoms with Crippen molar-refractivity contribution in [2.45, 2.75) is 32.9 Å². The number of nitrogens with one attached hydrogen (secondary N) is 1. The highest BCUT2D eigenvalue weighted by Crippen LogP contribution is 2.17. The number of para-hydroxylation sites is 1. The van der Waals surface area contributed by atoms with Gasteiger partial charge in [0.2, 0.25) is 0 Å². The highest BCUT2D eigenvalue weighted by Gasteiger charge is 2.06. The van der Waals surface area contributed by atoms with Gasteiger partial charge in [0.05, 0.1) is 25.2 Å². The molecule has 1 aromatic heterocycles. The molecule has 4 heteroatoms. The summed E-state index contributed by atoms with van der Waals surface area (Å²) in [6.07, 6.45) is 4.73. The Labute approximate surface area is 120 Å². The van der Waals surface area contributed by atoms with Crippen LogP contribution in [0.2, 0.25) is 0 Å². The molecule has 0 spiro atoms. The number of benzene rings is 1. The monoisotopic (exact) mass is 273 g/mol. The molecule has 0 aliphatic carbocycles. The number of ether oxygens (including phenoxy) is 1. The standard InChI is InChI=1S/C16H23N3O/c1-13(2)19-12-17-10-15(19)11-18-16-7-5-4-6-14(16)8-9-20-3/h4-7,10,12-13,18H,8-9,11H2,1-3H3. The van der Waals surface area contributed by atoms with Crippen molar-refractivity contribution in [2.24, 2.45) is 0 Å². The van der Waals surface area contributed by atoms with Crippen LogP contribution in [0.5, 0.6) is 0 Å². The summed E-state index contributed by atoms with van der Waals surface area (Å²) in [6, 6.07) is 8.80. The van der Waals surface area contributed by atoms with Crippen LogP contribution in [0.15, 0.2) is 36.8 Å². The Morgan fingerprint density at radius 3 is 2.85 bits per heavy atom. The van der Waals surface area contributed by atoms with E-state index in [1.54, 1.807) is 7.11 Å². The molecule has 0 atom stereocenters. The number of imidazole rings is 1. The van der Waals surface area contributed by atoms with Crippen molar-refractivity contribution in [2.75, 3.05) is 19.0 Å². The van der Waals surface area contributed by atoms with Crippen molar-refractivity contribution in [3.63, 3.8) is 0 Å². The molecule has 0 aliphatic rings. The number of hydrogen-bond acceptors (Lipinski definition) is 3. The van der Waals surface area contributed by atoms with Crippen LogP contribution in [0.3, 0.4) is 0 Å². The Kier molecular flexibility index (Phi) is 5.18. The molecule has 1 heterocycles. The van der Waals surface area contributed by atoms with E-state index >= 15 is 0 Å². The largest absolute Gasteiger partial charge is 0.384 e. The van der Waals surface area contributed by atoms with Gasteiger partial charge >= 0.3 is 0 Å². The van der Waals surface area contributed by atoms with E-state index in [-0.39, 0.29) is 0 Å². The van der Waals surface area contributed by atoms with Crippen LogP contribution in [-0.4, -0.2) is 23.3 Å². The van der Waals surface area contributed by atoms with Gasteiger partial charge in [0.25, 0.3) is 0 Å². The van der Waals surface area contributed by atoms with Gasteiger partial charge < -0.3 is 14.6 Å². The molecule has 20 heavy (non-hydrogen) atoms. The molecule has 0 saturated carbocycles. The molecular weight excluding hydrogens is 250 g/mol. The summed E-state index contributed by atoms with van der Waals surface area (Å²) in [5, 5.41) is 3.50. The molecule has 0 radical (unpaired) electrons. The van der Waals surface area contributed by atoms with E-state index in [0.717, 1.165) is 19.6 Å². The Morgan fingerprint density at radius 2 is 2.10 bits per heavy atom. The summed E-state index contributed by atoms with van der Waals surface area (Å²) in [5.41, 5.74) is 3.65. The van der Waals surface area contributed by atoms with Crippen LogP contribution in [0, 0.1) is 0 Å². The molecule has 0 saturated heterocycles. The first-order valence-electron chi connectivity index (χ1n) is 7.03. The fraction of sp³-hybridized carbons (Fsp3) is 0.438. The number of aromatic nitrogens is 2. The lowest BCUT2D eigenvalue weighted by molar-refractivity contribution is 0.202. The van der Waals surface area contributed by atoms with Gasteiger partial charge in [-0.15, -0.1) is 0 Å². The fourth-order valence-electron chi connectivity index (χ4n) is 2.24. The Hall–Kier alpha value is -1.81. The second-order valence-electron chi connectivity index (χ2n) is 5.14. The fourth-order valence-corrected chi connectivity index (χ4v) is 2.24. The number of nitrogens with zero attached hydrogens (tertiary/aromatic N) is 2. The highest BCUT2D eigenvalue weighted by atomic mass is 16.5. The van der Waals surface area contributed by atoms with E-state index < -0.39 is 0 Å². The second kappa shape index (κ2) is 7.10. The molecule has 1 aromatic carbocycles. The van der Waals surface area contributed by atoms with Crippen molar-refractivity contribution >= 4 is 5.69 Å². The summed E-state index contributed by atoms with van der Waals surface area (Å²) in [6.45, 7) is 5.85. The lowest BCUT2D eigenvalue weighted by Crippen LogP contribution is -2.10. The topological polar surface area (TPSA) is 39.1 Å². The van der Waals surface area contributed by atoms with Gasteiger partial charge in [-0.1, -0.05) is 18.2 Å². The predicted molar refractivity (Wildman–Crippen MR) is 82.0 cm³/mol. The molecule has 4 nitrogen and oxygen atoms in total. The maximum atomic E-state index is 5.16. The first kappa shape index (κ1) is 14.6. The molecule has 108 valence electrons. The first-order chi connectivity index (χ1) is 9.72. The summed E-state index contributed by atoms with van der Waals surface area (Å²) in [5.74, 6) is 0. The maximum Gasteiger partial charge on any atom is 0.0951 e. The highest BCUT2D eigenvalue weighted by molar-refractivity contribution is 5.51. The number of hydrogen-bond donors (Lipinski definition) is 1. The van der Waals surface area contributed by atoms with Gasteiger partial charge in [-0.05, 0) is 31.9 Å². The summed E-state index contributed by atoms with van der Waals surface area (Å²) >= 11 is 0. The normalized spacial score (nSPS) is 11.0. The molecule has 0 aliphatic heterocycles. The average molecular weight is 273 g/mol. The minimum Gasteiger partial charge on any atom is -0.384 e. The minimum atomic E-state index is 0.429. The van der Waals surface area contributed by atoms with Crippen molar-refractivity contribution in [1.82, 2.24) is 9.55 Å². The third kappa shape index (κ3) is 3.61. The van der Waals surface area contributed by atoms with Crippen LogP contribution in [0.25, 0.3) is 0 Å². The number of rotatable bonds is 7. The molecule has 0 fully saturated rings. The van der Waals surface area contributed by atoms with Crippen LogP contribution in [0.1, 0.15) is 31.1 Å². The average Bonchev–Trinajstić information content (AvgIpc) is 2.92. The molecule has 0 unspecified atom stereocenters. The van der Waals surface area contributed by atoms with E-state index in [1.807, 2.05) is 12.5 Å². The molecule has 0 bridgehead atoms. The third-order valence-corrected chi connectivity index (χ3v) is 3.36. The Bertz CT molecular complexity index is 534. The number of methoxy groups -OCH3 is 1. The van der Waals surface area contributed by atoms with Gasteiger partial charge in [0.1, 0.15) is 0 Å². The van der Waals surface area contributed by atoms with Gasteiger partial charge in [-0.2, -0.15) is 0 Å². The summed E-state index contributed by atoms with van der Waals surface area (Å²) in [4.78, 5) is 4.23. The van der Waals surface area contributed by atoms with Crippen molar-refractivity contribution < 1.29 is 4.74 Å². The van der Waals surface area contributed by atoms with Crippen LogP contribution in [-0.2, 0) is 17.7 Å². The van der Waals surface area contributed by atoms with E-state index in [0.29, 0.717) is 6.04 Å². The number of anilines is 1. The minimum absolute atomic E-state index is 0.429. The first-order valence-corrected chi connectivity index (χ1v) is 7.03. The molecule has 0 amide bonds. The van der Waals surface area contributed by atoms with Crippen LogP contribution >= 0.6 is 0 Å². The van der Waals surface area contributed by atoms with Crippen molar-refractivity contribution in [3.05, 3.63) is 48.0 Å². The van der Waals surface area contributed by atoms with E-state index in [1.165, 1.54) is 16.9 Å². The summed E-state index contributed by atoms with van der Waals surface area (Å²) < 4.78 is 7.35. The molecule has 1 N–H and O–H groups in total. The summed E-state index contributed by atoms with van der Waals surface area (Å²) in [7, 11) is 1.73. The van der Waals surface area contributed by atoms with E-state index in [2.05, 4.69) is 53.0 Å². The SMILES string of the molecule is COCCc1ccccc1NCc1cncn1C(C)C.